The van der Waals surface area contributed by atoms with E-state index in [0.717, 1.165) is 12.2 Å². The molecule has 1 N–H and O–H groups in total. The molecule has 0 radical (unpaired) electrons. The summed E-state index contributed by atoms with van der Waals surface area (Å²) in [5, 5.41) is 8.94. The number of carboxylic acid groups (broad SMARTS) is 1. The lowest BCUT2D eigenvalue weighted by Crippen LogP contribution is -2.30. The second kappa shape index (κ2) is 5.01. The Morgan fingerprint density at radius 1 is 1.44 bits per heavy atom. The van der Waals surface area contributed by atoms with Crippen LogP contribution < -0.4 is 4.74 Å². The first-order chi connectivity index (χ1) is 7.45. The number of carbonyl (C=O) groups is 1. The SMILES string of the molecule is CCc1cccc(OCC(C)(C)C(=O)O)c1. The number of benzene rings is 1. The van der Waals surface area contributed by atoms with Gasteiger partial charge in [-0.1, -0.05) is 19.1 Å². The summed E-state index contributed by atoms with van der Waals surface area (Å²) in [6.45, 7) is 5.55. The van der Waals surface area contributed by atoms with E-state index in [1.807, 2.05) is 24.3 Å². The Bertz CT molecular complexity index is 369. The summed E-state index contributed by atoms with van der Waals surface area (Å²) in [5.41, 5.74) is 0.327. The van der Waals surface area contributed by atoms with Crippen molar-refractivity contribution in [3.8, 4) is 5.75 Å². The van der Waals surface area contributed by atoms with Crippen molar-refractivity contribution >= 4 is 5.97 Å². The van der Waals surface area contributed by atoms with Gasteiger partial charge in [0.2, 0.25) is 0 Å². The minimum atomic E-state index is -0.859. The molecule has 1 aromatic carbocycles. The molecule has 16 heavy (non-hydrogen) atoms. The van der Waals surface area contributed by atoms with Gasteiger partial charge in [-0.05, 0) is 38.0 Å². The molecule has 0 spiro atoms. The van der Waals surface area contributed by atoms with E-state index < -0.39 is 11.4 Å². The maximum atomic E-state index is 10.9. The zero-order valence-corrected chi connectivity index (χ0v) is 9.99. The molecule has 0 saturated heterocycles. The molecule has 1 aromatic rings. The fraction of sp³-hybridized carbons (Fsp3) is 0.462. The third kappa shape index (κ3) is 3.26. The Balaban J connectivity index is 2.64. The van der Waals surface area contributed by atoms with Crippen molar-refractivity contribution in [1.29, 1.82) is 0 Å². The Morgan fingerprint density at radius 2 is 2.12 bits per heavy atom. The van der Waals surface area contributed by atoms with E-state index in [2.05, 4.69) is 6.92 Å². The van der Waals surface area contributed by atoms with Gasteiger partial charge in [-0.15, -0.1) is 0 Å². The van der Waals surface area contributed by atoms with Crippen LogP contribution >= 0.6 is 0 Å². The summed E-state index contributed by atoms with van der Waals surface area (Å²) in [4.78, 5) is 10.9. The summed E-state index contributed by atoms with van der Waals surface area (Å²) in [6, 6.07) is 7.73. The van der Waals surface area contributed by atoms with Gasteiger partial charge in [0.15, 0.2) is 0 Å². The maximum absolute atomic E-state index is 10.9. The number of rotatable bonds is 5. The van der Waals surface area contributed by atoms with Gasteiger partial charge >= 0.3 is 5.97 Å². The Morgan fingerprint density at radius 3 is 2.69 bits per heavy atom. The van der Waals surface area contributed by atoms with Crippen molar-refractivity contribution < 1.29 is 14.6 Å². The van der Waals surface area contributed by atoms with E-state index in [9.17, 15) is 4.79 Å². The summed E-state index contributed by atoms with van der Waals surface area (Å²) in [7, 11) is 0. The fourth-order valence-corrected chi connectivity index (χ4v) is 1.18. The van der Waals surface area contributed by atoms with E-state index in [1.54, 1.807) is 13.8 Å². The summed E-state index contributed by atoms with van der Waals surface area (Å²) >= 11 is 0. The molecule has 3 nitrogen and oxygen atoms in total. The second-order valence-electron chi connectivity index (χ2n) is 4.48. The first-order valence-electron chi connectivity index (χ1n) is 5.41. The van der Waals surface area contributed by atoms with Crippen molar-refractivity contribution in [3.63, 3.8) is 0 Å². The van der Waals surface area contributed by atoms with E-state index in [0.29, 0.717) is 0 Å². The molecule has 0 aromatic heterocycles. The summed E-state index contributed by atoms with van der Waals surface area (Å²) in [5.74, 6) is -0.118. The molecule has 0 heterocycles. The van der Waals surface area contributed by atoms with Gasteiger partial charge in [-0.25, -0.2) is 0 Å². The van der Waals surface area contributed by atoms with E-state index >= 15 is 0 Å². The van der Waals surface area contributed by atoms with Crippen LogP contribution in [0.15, 0.2) is 24.3 Å². The predicted octanol–water partition coefficient (Wildman–Crippen LogP) is 2.74. The lowest BCUT2D eigenvalue weighted by molar-refractivity contribution is -0.148. The smallest absolute Gasteiger partial charge is 0.312 e. The molecular weight excluding hydrogens is 204 g/mol. The van der Waals surface area contributed by atoms with Gasteiger partial charge in [0, 0.05) is 0 Å². The van der Waals surface area contributed by atoms with Crippen molar-refractivity contribution in [1.82, 2.24) is 0 Å². The molecule has 3 heteroatoms. The van der Waals surface area contributed by atoms with Crippen molar-refractivity contribution in [3.05, 3.63) is 29.8 Å². The predicted molar refractivity (Wildman–Crippen MR) is 62.7 cm³/mol. The minimum absolute atomic E-state index is 0.176. The highest BCUT2D eigenvalue weighted by Crippen LogP contribution is 2.19. The number of aliphatic carboxylic acids is 1. The van der Waals surface area contributed by atoms with Crippen LogP contribution in [0.1, 0.15) is 26.3 Å². The number of hydrogen-bond donors (Lipinski definition) is 1. The number of aryl methyl sites for hydroxylation is 1. The molecule has 0 bridgehead atoms. The van der Waals surface area contributed by atoms with E-state index in [4.69, 9.17) is 9.84 Å². The van der Waals surface area contributed by atoms with Crippen molar-refractivity contribution in [2.24, 2.45) is 5.41 Å². The van der Waals surface area contributed by atoms with E-state index in [1.165, 1.54) is 5.56 Å². The Hall–Kier alpha value is -1.51. The molecule has 0 unspecified atom stereocenters. The van der Waals surface area contributed by atoms with Gasteiger partial charge < -0.3 is 9.84 Å². The van der Waals surface area contributed by atoms with E-state index in [-0.39, 0.29) is 6.61 Å². The third-order valence-corrected chi connectivity index (χ3v) is 2.49. The molecule has 0 amide bonds. The zero-order valence-electron chi connectivity index (χ0n) is 9.99. The molecular formula is C13H18O3. The summed E-state index contributed by atoms with van der Waals surface area (Å²) in [6.07, 6.45) is 0.944. The molecule has 0 atom stereocenters. The third-order valence-electron chi connectivity index (χ3n) is 2.49. The van der Waals surface area contributed by atoms with Crippen LogP contribution in [0, 0.1) is 5.41 Å². The fourth-order valence-electron chi connectivity index (χ4n) is 1.18. The number of carboxylic acids is 1. The Labute approximate surface area is 96.1 Å². The topological polar surface area (TPSA) is 46.5 Å². The molecule has 88 valence electrons. The largest absolute Gasteiger partial charge is 0.492 e. The molecule has 1 rings (SSSR count). The maximum Gasteiger partial charge on any atom is 0.312 e. The highest BCUT2D eigenvalue weighted by molar-refractivity contribution is 5.73. The van der Waals surface area contributed by atoms with Crippen LogP contribution in [0.5, 0.6) is 5.75 Å². The quantitative estimate of drug-likeness (QED) is 0.833. The molecule has 0 fully saturated rings. The first-order valence-corrected chi connectivity index (χ1v) is 5.41. The molecule has 0 saturated carbocycles. The summed E-state index contributed by atoms with van der Waals surface area (Å²) < 4.78 is 5.49. The monoisotopic (exact) mass is 222 g/mol. The van der Waals surface area contributed by atoms with Crippen LogP contribution in [0.3, 0.4) is 0 Å². The van der Waals surface area contributed by atoms with Crippen molar-refractivity contribution in [2.45, 2.75) is 27.2 Å². The van der Waals surface area contributed by atoms with Gasteiger partial charge in [0.1, 0.15) is 12.4 Å². The number of hydrogen-bond acceptors (Lipinski definition) is 2. The van der Waals surface area contributed by atoms with Gasteiger partial charge in [-0.3, -0.25) is 4.79 Å². The minimum Gasteiger partial charge on any atom is -0.492 e. The highest BCUT2D eigenvalue weighted by Gasteiger charge is 2.28. The lowest BCUT2D eigenvalue weighted by atomic mass is 9.95. The first kappa shape index (κ1) is 12.6. The highest BCUT2D eigenvalue weighted by atomic mass is 16.5. The normalized spacial score (nSPS) is 11.2. The standard InChI is InChI=1S/C13H18O3/c1-4-10-6-5-7-11(8-10)16-9-13(2,3)12(14)15/h5-8H,4,9H2,1-3H3,(H,14,15). The van der Waals surface area contributed by atoms with Crippen LogP contribution in [0.2, 0.25) is 0 Å². The van der Waals surface area contributed by atoms with Crippen LogP contribution in [-0.2, 0) is 11.2 Å². The zero-order chi connectivity index (χ0) is 12.2. The van der Waals surface area contributed by atoms with Gasteiger partial charge in [-0.2, -0.15) is 0 Å². The Kier molecular flexibility index (Phi) is 3.93. The average Bonchev–Trinajstić information content (AvgIpc) is 2.26. The van der Waals surface area contributed by atoms with Gasteiger partial charge in [0.25, 0.3) is 0 Å². The molecule has 0 aliphatic carbocycles. The lowest BCUT2D eigenvalue weighted by Gasteiger charge is -2.19. The molecule has 0 aliphatic heterocycles. The number of ether oxygens (including phenoxy) is 1. The van der Waals surface area contributed by atoms with Crippen molar-refractivity contribution in [2.75, 3.05) is 6.61 Å². The van der Waals surface area contributed by atoms with Crippen LogP contribution in [0.25, 0.3) is 0 Å². The van der Waals surface area contributed by atoms with Crippen LogP contribution in [-0.4, -0.2) is 17.7 Å². The second-order valence-corrected chi connectivity index (χ2v) is 4.48. The van der Waals surface area contributed by atoms with Crippen LogP contribution in [0.4, 0.5) is 0 Å². The van der Waals surface area contributed by atoms with Gasteiger partial charge in [0.05, 0.1) is 5.41 Å². The molecule has 0 aliphatic rings. The average molecular weight is 222 g/mol.